The molecular weight excluding hydrogens is 433 g/mol. The summed E-state index contributed by atoms with van der Waals surface area (Å²) < 4.78 is 1.73. The summed E-state index contributed by atoms with van der Waals surface area (Å²) in [5, 5.41) is 15.1. The molecule has 2 aromatic carbocycles. The number of thioether (sulfide) groups is 1. The van der Waals surface area contributed by atoms with E-state index in [4.69, 9.17) is 23.2 Å². The molecular formula is C19H17Cl2N5O2S. The first kappa shape index (κ1) is 21.2. The van der Waals surface area contributed by atoms with Crippen LogP contribution < -0.4 is 10.6 Å². The molecule has 2 N–H and O–H groups in total. The summed E-state index contributed by atoms with van der Waals surface area (Å²) in [4.78, 5) is 24.3. The average Bonchev–Trinajstić information content (AvgIpc) is 3.07. The Hall–Kier alpha value is -2.55. The van der Waals surface area contributed by atoms with Gasteiger partial charge < -0.3 is 15.2 Å². The van der Waals surface area contributed by atoms with Crippen LogP contribution in [0.2, 0.25) is 10.0 Å². The fraction of sp³-hybridized carbons (Fsp3) is 0.158. The predicted octanol–water partition coefficient (Wildman–Crippen LogP) is 3.78. The Balaban J connectivity index is 1.53. The van der Waals surface area contributed by atoms with E-state index in [-0.39, 0.29) is 24.1 Å². The van der Waals surface area contributed by atoms with Crippen LogP contribution in [0.15, 0.2) is 53.7 Å². The third kappa shape index (κ3) is 5.72. The van der Waals surface area contributed by atoms with Gasteiger partial charge in [0.15, 0.2) is 11.0 Å². The molecule has 0 spiro atoms. The van der Waals surface area contributed by atoms with Crippen molar-refractivity contribution in [1.29, 1.82) is 0 Å². The van der Waals surface area contributed by atoms with Gasteiger partial charge in [0.05, 0.1) is 23.0 Å². The van der Waals surface area contributed by atoms with Gasteiger partial charge in [-0.25, -0.2) is 0 Å². The topological polar surface area (TPSA) is 88.9 Å². The van der Waals surface area contributed by atoms with Crippen molar-refractivity contribution in [3.05, 3.63) is 70.0 Å². The summed E-state index contributed by atoms with van der Waals surface area (Å²) >= 11 is 13.2. The zero-order valence-corrected chi connectivity index (χ0v) is 17.7. The highest BCUT2D eigenvalue weighted by atomic mass is 35.5. The number of halogens is 2. The number of nitrogens with zero attached hydrogens (tertiary/aromatic N) is 3. The van der Waals surface area contributed by atoms with Crippen LogP contribution in [0.4, 0.5) is 5.69 Å². The molecule has 7 nitrogen and oxygen atoms in total. The smallest absolute Gasteiger partial charge is 0.251 e. The van der Waals surface area contributed by atoms with E-state index in [2.05, 4.69) is 20.8 Å². The molecule has 150 valence electrons. The molecule has 0 atom stereocenters. The van der Waals surface area contributed by atoms with Gasteiger partial charge in [-0.2, -0.15) is 0 Å². The molecule has 0 saturated carbocycles. The fourth-order valence-electron chi connectivity index (χ4n) is 2.39. The van der Waals surface area contributed by atoms with Gasteiger partial charge in [-0.15, -0.1) is 10.2 Å². The molecule has 1 heterocycles. The van der Waals surface area contributed by atoms with Gasteiger partial charge in [0.2, 0.25) is 5.91 Å². The molecule has 1 aromatic heterocycles. The molecule has 0 aliphatic carbocycles. The van der Waals surface area contributed by atoms with Gasteiger partial charge in [-0.1, -0.05) is 53.2 Å². The molecule has 0 aliphatic heterocycles. The van der Waals surface area contributed by atoms with Crippen LogP contribution in [0.3, 0.4) is 0 Å². The highest BCUT2D eigenvalue weighted by Crippen LogP contribution is 2.26. The Bertz CT molecular complexity index is 1030. The Labute approximate surface area is 181 Å². The molecule has 10 heteroatoms. The van der Waals surface area contributed by atoms with Gasteiger partial charge in [0.1, 0.15) is 0 Å². The molecule has 3 aromatic rings. The lowest BCUT2D eigenvalue weighted by molar-refractivity contribution is -0.113. The third-order valence-electron chi connectivity index (χ3n) is 3.90. The average molecular weight is 450 g/mol. The normalized spacial score (nSPS) is 10.6. The molecule has 0 aliphatic rings. The molecule has 0 bridgehead atoms. The number of nitrogens with one attached hydrogen (secondary N) is 2. The first-order valence-corrected chi connectivity index (χ1v) is 10.3. The van der Waals surface area contributed by atoms with Crippen molar-refractivity contribution in [2.24, 2.45) is 7.05 Å². The number of rotatable bonds is 7. The highest BCUT2D eigenvalue weighted by Gasteiger charge is 2.14. The van der Waals surface area contributed by atoms with Crippen LogP contribution in [0.5, 0.6) is 0 Å². The summed E-state index contributed by atoms with van der Waals surface area (Å²) in [5.41, 5.74) is 1.02. The summed E-state index contributed by atoms with van der Waals surface area (Å²) in [5.74, 6) is 0.252. The predicted molar refractivity (Wildman–Crippen MR) is 114 cm³/mol. The van der Waals surface area contributed by atoms with Crippen LogP contribution in [0.25, 0.3) is 0 Å². The van der Waals surface area contributed by atoms with Crippen LogP contribution in [-0.2, 0) is 18.4 Å². The maximum Gasteiger partial charge on any atom is 0.251 e. The van der Waals surface area contributed by atoms with E-state index < -0.39 is 0 Å². The molecule has 2 amide bonds. The maximum atomic E-state index is 12.2. The van der Waals surface area contributed by atoms with E-state index in [0.717, 1.165) is 0 Å². The molecule has 0 fully saturated rings. The van der Waals surface area contributed by atoms with E-state index in [1.165, 1.54) is 11.8 Å². The summed E-state index contributed by atoms with van der Waals surface area (Å²) in [6, 6.07) is 13.8. The lowest BCUT2D eigenvalue weighted by Crippen LogP contribution is -2.24. The zero-order valence-electron chi connectivity index (χ0n) is 15.4. The molecule has 0 saturated heterocycles. The minimum Gasteiger partial charge on any atom is -0.345 e. The summed E-state index contributed by atoms with van der Waals surface area (Å²) in [6.45, 7) is 0.224. The number of hydrogen-bond acceptors (Lipinski definition) is 5. The Morgan fingerprint density at radius 2 is 1.86 bits per heavy atom. The van der Waals surface area contributed by atoms with Crippen molar-refractivity contribution in [2.45, 2.75) is 11.7 Å². The standard InChI is InChI=1S/C19H17Cl2N5O2S/c1-26-16(10-22-18(28)12-5-3-2-4-6-12)24-25-19(26)29-11-17(27)23-15-9-13(20)7-8-14(15)21/h2-9H,10-11H2,1H3,(H,22,28)(H,23,27). The molecule has 3 rings (SSSR count). The van der Waals surface area contributed by atoms with E-state index in [1.807, 2.05) is 6.07 Å². The lowest BCUT2D eigenvalue weighted by atomic mass is 10.2. The highest BCUT2D eigenvalue weighted by molar-refractivity contribution is 7.99. The van der Waals surface area contributed by atoms with Gasteiger partial charge in [-0.3, -0.25) is 9.59 Å². The van der Waals surface area contributed by atoms with Crippen LogP contribution in [-0.4, -0.2) is 32.3 Å². The summed E-state index contributed by atoms with van der Waals surface area (Å²) in [6.07, 6.45) is 0. The first-order chi connectivity index (χ1) is 13.9. The number of carbonyl (C=O) groups excluding carboxylic acids is 2. The van der Waals surface area contributed by atoms with Crippen molar-refractivity contribution in [1.82, 2.24) is 20.1 Å². The Kier molecular flexibility index (Phi) is 7.13. The minimum absolute atomic E-state index is 0.116. The molecule has 0 unspecified atom stereocenters. The van der Waals surface area contributed by atoms with Crippen LogP contribution in [0.1, 0.15) is 16.2 Å². The van der Waals surface area contributed by atoms with E-state index in [1.54, 1.807) is 54.1 Å². The zero-order chi connectivity index (χ0) is 20.8. The summed E-state index contributed by atoms with van der Waals surface area (Å²) in [7, 11) is 1.78. The number of carbonyl (C=O) groups is 2. The molecule has 0 radical (unpaired) electrons. The Morgan fingerprint density at radius 3 is 2.62 bits per heavy atom. The number of hydrogen-bond donors (Lipinski definition) is 2. The monoisotopic (exact) mass is 449 g/mol. The van der Waals surface area contributed by atoms with Crippen molar-refractivity contribution < 1.29 is 9.59 Å². The lowest BCUT2D eigenvalue weighted by Gasteiger charge is -2.08. The van der Waals surface area contributed by atoms with Gasteiger partial charge in [-0.05, 0) is 30.3 Å². The fourth-order valence-corrected chi connectivity index (χ4v) is 3.45. The first-order valence-electron chi connectivity index (χ1n) is 8.53. The van der Waals surface area contributed by atoms with Gasteiger partial charge >= 0.3 is 0 Å². The van der Waals surface area contributed by atoms with Gasteiger partial charge in [0, 0.05) is 17.6 Å². The minimum atomic E-state index is -0.249. The van der Waals surface area contributed by atoms with E-state index in [9.17, 15) is 9.59 Å². The third-order valence-corrected chi connectivity index (χ3v) is 5.49. The second-order valence-electron chi connectivity index (χ2n) is 5.97. The Morgan fingerprint density at radius 1 is 1.10 bits per heavy atom. The number of aromatic nitrogens is 3. The second kappa shape index (κ2) is 9.78. The quantitative estimate of drug-likeness (QED) is 0.535. The van der Waals surface area contributed by atoms with Crippen LogP contribution in [0, 0.1) is 0 Å². The van der Waals surface area contributed by atoms with Crippen molar-refractivity contribution in [3.8, 4) is 0 Å². The van der Waals surface area contributed by atoms with E-state index in [0.29, 0.717) is 32.3 Å². The number of anilines is 1. The molecule has 29 heavy (non-hydrogen) atoms. The number of amides is 2. The second-order valence-corrected chi connectivity index (χ2v) is 7.75. The SMILES string of the molecule is Cn1c(CNC(=O)c2ccccc2)nnc1SCC(=O)Nc1cc(Cl)ccc1Cl. The largest absolute Gasteiger partial charge is 0.345 e. The van der Waals surface area contributed by atoms with Crippen molar-refractivity contribution in [2.75, 3.05) is 11.1 Å². The van der Waals surface area contributed by atoms with E-state index >= 15 is 0 Å². The van der Waals surface area contributed by atoms with Crippen molar-refractivity contribution in [3.63, 3.8) is 0 Å². The number of benzene rings is 2. The maximum absolute atomic E-state index is 12.2. The van der Waals surface area contributed by atoms with Gasteiger partial charge in [0.25, 0.3) is 5.91 Å². The van der Waals surface area contributed by atoms with Crippen molar-refractivity contribution >= 4 is 52.5 Å². The van der Waals surface area contributed by atoms with Crippen LogP contribution >= 0.6 is 35.0 Å².